The summed E-state index contributed by atoms with van der Waals surface area (Å²) in [6.07, 6.45) is 8.78. The molecule has 2 aliphatic heterocycles. The Morgan fingerprint density at radius 1 is 0.952 bits per heavy atom. The number of rotatable bonds is 5. The number of halogens is 1. The molecule has 2 amide bonds. The predicted molar refractivity (Wildman–Crippen MR) is 158 cm³/mol. The van der Waals surface area contributed by atoms with Crippen molar-refractivity contribution in [1.82, 2.24) is 29.3 Å². The van der Waals surface area contributed by atoms with Gasteiger partial charge in [-0.1, -0.05) is 0 Å². The maximum absolute atomic E-state index is 14.3. The molecule has 0 unspecified atom stereocenters. The largest absolute Gasteiger partial charge is 0.333 e. The van der Waals surface area contributed by atoms with Gasteiger partial charge in [0.05, 0.1) is 17.1 Å². The number of aromatic nitrogens is 4. The molecule has 10 nitrogen and oxygen atoms in total. The number of nitrogens with one attached hydrogen (secondary N) is 1. The second-order valence-corrected chi connectivity index (χ2v) is 12.7. The number of carbonyl (C=O) groups is 2. The van der Waals surface area contributed by atoms with Crippen LogP contribution in [0.4, 0.5) is 4.39 Å². The van der Waals surface area contributed by atoms with E-state index < -0.39 is 23.1 Å². The summed E-state index contributed by atoms with van der Waals surface area (Å²) >= 11 is 1.83. The van der Waals surface area contributed by atoms with E-state index in [1.807, 2.05) is 11.8 Å². The molecule has 3 aromatic heterocycles. The van der Waals surface area contributed by atoms with Crippen LogP contribution in [-0.4, -0.2) is 66.5 Å². The predicted octanol–water partition coefficient (Wildman–Crippen LogP) is 3.31. The number of nitrogens with zero attached hydrogens (tertiary/aromatic N) is 5. The third-order valence-electron chi connectivity index (χ3n) is 8.93. The zero-order chi connectivity index (χ0) is 29.2. The third kappa shape index (κ3) is 5.54. The number of carbonyl (C=O) groups excluding carboxylic acids is 2. The van der Waals surface area contributed by atoms with Crippen LogP contribution in [0.15, 0.2) is 46.4 Å². The highest BCUT2D eigenvalue weighted by molar-refractivity contribution is 7.99. The molecule has 3 fully saturated rings. The smallest absolute Gasteiger partial charge is 0.317 e. The molecule has 3 aliphatic rings. The summed E-state index contributed by atoms with van der Waals surface area (Å²) in [5.74, 6) is 0.398. The van der Waals surface area contributed by atoms with E-state index in [2.05, 4.69) is 15.3 Å². The van der Waals surface area contributed by atoms with E-state index in [-0.39, 0.29) is 40.8 Å². The molecule has 5 heterocycles. The van der Waals surface area contributed by atoms with E-state index >= 15 is 0 Å². The summed E-state index contributed by atoms with van der Waals surface area (Å²) in [4.78, 5) is 64.8. The van der Waals surface area contributed by atoms with Gasteiger partial charge in [-0.3, -0.25) is 33.4 Å². The molecule has 3 aromatic rings. The van der Waals surface area contributed by atoms with Gasteiger partial charge in [-0.05, 0) is 94.2 Å². The molecule has 1 N–H and O–H groups in total. The lowest BCUT2D eigenvalue weighted by atomic mass is 9.87. The zero-order valence-electron chi connectivity index (χ0n) is 23.4. The normalized spacial score (nSPS) is 22.2. The van der Waals surface area contributed by atoms with Gasteiger partial charge in [0.2, 0.25) is 5.91 Å². The number of fused-ring (bicyclic) bond motifs is 1. The topological polar surface area (TPSA) is 119 Å². The average molecular weight is 595 g/mol. The fourth-order valence-electron chi connectivity index (χ4n) is 6.71. The number of piperidine rings is 1. The lowest BCUT2D eigenvalue weighted by Crippen LogP contribution is -2.51. The Morgan fingerprint density at radius 2 is 1.67 bits per heavy atom. The second kappa shape index (κ2) is 12.5. The van der Waals surface area contributed by atoms with Crippen molar-refractivity contribution < 1.29 is 14.0 Å². The van der Waals surface area contributed by atoms with E-state index in [0.717, 1.165) is 43.6 Å². The molecule has 0 radical (unpaired) electrons. The first-order valence-corrected chi connectivity index (χ1v) is 16.0. The number of hydrogen-bond donors (Lipinski definition) is 1. The van der Waals surface area contributed by atoms with Crippen molar-refractivity contribution in [3.05, 3.63) is 69.0 Å². The molecule has 2 saturated heterocycles. The van der Waals surface area contributed by atoms with Crippen LogP contribution in [0.5, 0.6) is 0 Å². The van der Waals surface area contributed by atoms with Crippen LogP contribution in [0.1, 0.15) is 73.8 Å². The van der Waals surface area contributed by atoms with Gasteiger partial charge in [-0.2, -0.15) is 11.8 Å². The van der Waals surface area contributed by atoms with Crippen LogP contribution in [0.3, 0.4) is 0 Å². The molecule has 222 valence electrons. The lowest BCUT2D eigenvalue weighted by molar-refractivity contribution is -0.136. The van der Waals surface area contributed by atoms with Gasteiger partial charge in [0.25, 0.3) is 11.5 Å². The first kappa shape index (κ1) is 28.7. The standard InChI is InChI=1S/C30H35FN6O4S/c31-21-16-25-26(34-18-21)35(24-9-14-42-15-10-24)30(41)37(29(25)40)23-5-3-22(4-6-23)36(27(38)19-7-12-32-13-8-19)28(39)20-2-1-11-33-17-20/h1-2,11,16-19,22-24,32H,3-10,12-15H2. The van der Waals surface area contributed by atoms with Gasteiger partial charge in [0, 0.05) is 36.4 Å². The van der Waals surface area contributed by atoms with Crippen LogP contribution < -0.4 is 16.6 Å². The van der Waals surface area contributed by atoms with Crippen LogP contribution in [0, 0.1) is 11.7 Å². The van der Waals surface area contributed by atoms with Gasteiger partial charge in [0.15, 0.2) is 0 Å². The Morgan fingerprint density at radius 3 is 2.36 bits per heavy atom. The third-order valence-corrected chi connectivity index (χ3v) is 9.98. The molecule has 42 heavy (non-hydrogen) atoms. The molecule has 0 aromatic carbocycles. The van der Waals surface area contributed by atoms with Crippen LogP contribution in [-0.2, 0) is 4.79 Å². The molecule has 12 heteroatoms. The van der Waals surface area contributed by atoms with E-state index in [1.165, 1.54) is 21.7 Å². The summed E-state index contributed by atoms with van der Waals surface area (Å²) in [5, 5.41) is 3.37. The highest BCUT2D eigenvalue weighted by Gasteiger charge is 2.38. The number of hydrogen-bond acceptors (Lipinski definition) is 8. The Labute approximate surface area is 246 Å². The fraction of sp³-hybridized carbons (Fsp3) is 0.533. The number of pyridine rings is 2. The first-order chi connectivity index (χ1) is 20.4. The van der Waals surface area contributed by atoms with Crippen molar-refractivity contribution in [3.63, 3.8) is 0 Å². The average Bonchev–Trinajstić information content (AvgIpc) is 3.03. The van der Waals surface area contributed by atoms with Crippen LogP contribution in [0.25, 0.3) is 11.0 Å². The minimum absolute atomic E-state index is 0.101. The Kier molecular flexibility index (Phi) is 8.53. The molecular formula is C30H35FN6O4S. The quantitative estimate of drug-likeness (QED) is 0.447. The maximum Gasteiger partial charge on any atom is 0.333 e. The van der Waals surface area contributed by atoms with E-state index in [9.17, 15) is 23.6 Å². The first-order valence-electron chi connectivity index (χ1n) is 14.8. The number of amides is 2. The van der Waals surface area contributed by atoms with Crippen molar-refractivity contribution in [2.75, 3.05) is 24.6 Å². The van der Waals surface area contributed by atoms with Crippen LogP contribution >= 0.6 is 11.8 Å². The van der Waals surface area contributed by atoms with Gasteiger partial charge >= 0.3 is 5.69 Å². The molecule has 0 spiro atoms. The SMILES string of the molecule is O=C(c1cccnc1)N(C(=O)C1CCNCC1)C1CCC(n2c(=O)c3cc(F)cnc3n(C3CCSCC3)c2=O)CC1. The lowest BCUT2D eigenvalue weighted by Gasteiger charge is -2.38. The van der Waals surface area contributed by atoms with Crippen molar-refractivity contribution in [2.45, 2.75) is 69.5 Å². The highest BCUT2D eigenvalue weighted by Crippen LogP contribution is 2.33. The van der Waals surface area contributed by atoms with Crippen molar-refractivity contribution >= 4 is 34.6 Å². The second-order valence-electron chi connectivity index (χ2n) is 11.4. The van der Waals surface area contributed by atoms with E-state index in [0.29, 0.717) is 44.1 Å². The summed E-state index contributed by atoms with van der Waals surface area (Å²) in [6.45, 7) is 1.45. The van der Waals surface area contributed by atoms with Gasteiger partial charge < -0.3 is 5.32 Å². The van der Waals surface area contributed by atoms with E-state index in [4.69, 9.17) is 0 Å². The summed E-state index contributed by atoms with van der Waals surface area (Å²) in [7, 11) is 0. The minimum Gasteiger partial charge on any atom is -0.317 e. The molecular weight excluding hydrogens is 559 g/mol. The van der Waals surface area contributed by atoms with Crippen molar-refractivity contribution in [3.8, 4) is 0 Å². The van der Waals surface area contributed by atoms with Crippen molar-refractivity contribution in [1.29, 1.82) is 0 Å². The zero-order valence-corrected chi connectivity index (χ0v) is 24.2. The Balaban J connectivity index is 1.31. The van der Waals surface area contributed by atoms with Gasteiger partial charge in [-0.15, -0.1) is 0 Å². The molecule has 1 aliphatic carbocycles. The number of thioether (sulfide) groups is 1. The Hall–Kier alpha value is -3.38. The van der Waals surface area contributed by atoms with Crippen molar-refractivity contribution in [2.24, 2.45) is 5.92 Å². The molecule has 6 rings (SSSR count). The fourth-order valence-corrected chi connectivity index (χ4v) is 7.80. The summed E-state index contributed by atoms with van der Waals surface area (Å²) in [5.41, 5.74) is -0.369. The maximum atomic E-state index is 14.3. The molecule has 1 saturated carbocycles. The Bertz CT molecular complexity index is 1570. The van der Waals surface area contributed by atoms with Gasteiger partial charge in [0.1, 0.15) is 11.5 Å². The van der Waals surface area contributed by atoms with E-state index in [1.54, 1.807) is 22.9 Å². The van der Waals surface area contributed by atoms with Crippen LogP contribution in [0.2, 0.25) is 0 Å². The summed E-state index contributed by atoms with van der Waals surface area (Å²) in [6, 6.07) is 3.62. The monoisotopic (exact) mass is 594 g/mol. The molecule has 0 bridgehead atoms. The number of imide groups is 1. The molecule has 0 atom stereocenters. The highest BCUT2D eigenvalue weighted by atomic mass is 32.2. The summed E-state index contributed by atoms with van der Waals surface area (Å²) < 4.78 is 17.1. The minimum atomic E-state index is -0.625. The van der Waals surface area contributed by atoms with Gasteiger partial charge in [-0.25, -0.2) is 14.2 Å².